The molecule has 2 atom stereocenters. The quantitative estimate of drug-likeness (QED) is 0.877. The summed E-state index contributed by atoms with van der Waals surface area (Å²) < 4.78 is 5.19. The fraction of sp³-hybridized carbons (Fsp3) is 0.562. The van der Waals surface area contributed by atoms with Crippen molar-refractivity contribution < 1.29 is 9.53 Å². The van der Waals surface area contributed by atoms with Gasteiger partial charge in [0.15, 0.2) is 0 Å². The molecule has 1 saturated heterocycles. The van der Waals surface area contributed by atoms with Crippen molar-refractivity contribution in [2.24, 2.45) is 5.92 Å². The minimum absolute atomic E-state index is 0.0111. The molecule has 1 N–H and O–H groups in total. The Kier molecular flexibility index (Phi) is 6.03. The summed E-state index contributed by atoms with van der Waals surface area (Å²) in [6.07, 6.45) is 0.878. The van der Waals surface area contributed by atoms with E-state index in [1.165, 1.54) is 0 Å². The van der Waals surface area contributed by atoms with Crippen molar-refractivity contribution in [3.8, 4) is 0 Å². The van der Waals surface area contributed by atoms with Gasteiger partial charge < -0.3 is 10.1 Å². The van der Waals surface area contributed by atoms with Gasteiger partial charge in [-0.15, -0.1) is 0 Å². The van der Waals surface area contributed by atoms with Crippen LogP contribution in [0.3, 0.4) is 0 Å². The van der Waals surface area contributed by atoms with Crippen molar-refractivity contribution in [2.75, 3.05) is 33.4 Å². The summed E-state index contributed by atoms with van der Waals surface area (Å²) in [4.78, 5) is 14.6. The number of ether oxygens (including phenoxy) is 1. The van der Waals surface area contributed by atoms with Crippen LogP contribution in [0.4, 0.5) is 0 Å². The first-order valence-corrected chi connectivity index (χ1v) is 7.81. The van der Waals surface area contributed by atoms with E-state index in [-0.39, 0.29) is 17.9 Å². The number of halogens is 1. The van der Waals surface area contributed by atoms with E-state index in [1.807, 2.05) is 31.2 Å². The highest BCUT2D eigenvalue weighted by atomic mass is 35.5. The Labute approximate surface area is 131 Å². The maximum Gasteiger partial charge on any atom is 0.225 e. The molecule has 1 fully saturated rings. The molecule has 1 aliphatic rings. The Morgan fingerprint density at radius 1 is 1.43 bits per heavy atom. The first-order chi connectivity index (χ1) is 10.2. The number of nitrogens with one attached hydrogen (secondary N) is 1. The third-order valence-electron chi connectivity index (χ3n) is 3.98. The molecule has 2 unspecified atom stereocenters. The minimum atomic E-state index is -0.0111. The number of hydrogen-bond donors (Lipinski definition) is 1. The van der Waals surface area contributed by atoms with Crippen LogP contribution in [-0.4, -0.2) is 44.2 Å². The highest BCUT2D eigenvalue weighted by Crippen LogP contribution is 2.37. The van der Waals surface area contributed by atoms with Crippen LogP contribution in [0.2, 0.25) is 5.02 Å². The SMILES string of the molecule is CCNC(=O)C1CCN(CCOC)C1c1ccc(Cl)cc1. The zero-order valence-electron chi connectivity index (χ0n) is 12.6. The molecule has 1 aromatic carbocycles. The number of benzene rings is 1. The number of nitrogens with zero attached hydrogens (tertiary/aromatic N) is 1. The second-order valence-electron chi connectivity index (χ2n) is 5.31. The van der Waals surface area contributed by atoms with Crippen molar-refractivity contribution in [1.82, 2.24) is 10.2 Å². The van der Waals surface area contributed by atoms with E-state index in [0.29, 0.717) is 13.2 Å². The summed E-state index contributed by atoms with van der Waals surface area (Å²) in [5.74, 6) is 0.125. The second kappa shape index (κ2) is 7.78. The molecule has 0 aliphatic carbocycles. The van der Waals surface area contributed by atoms with Gasteiger partial charge in [-0.1, -0.05) is 23.7 Å². The Hall–Kier alpha value is -1.10. The number of carbonyl (C=O) groups is 1. The minimum Gasteiger partial charge on any atom is -0.383 e. The number of hydrogen-bond acceptors (Lipinski definition) is 3. The van der Waals surface area contributed by atoms with Crippen LogP contribution in [0.15, 0.2) is 24.3 Å². The number of carbonyl (C=O) groups excluding carboxylic acids is 1. The van der Waals surface area contributed by atoms with Crippen LogP contribution in [0.1, 0.15) is 24.9 Å². The molecule has 1 heterocycles. The van der Waals surface area contributed by atoms with Crippen molar-refractivity contribution in [2.45, 2.75) is 19.4 Å². The van der Waals surface area contributed by atoms with Gasteiger partial charge in [-0.3, -0.25) is 9.69 Å². The predicted octanol–water partition coefficient (Wildman–Crippen LogP) is 2.49. The van der Waals surface area contributed by atoms with E-state index in [4.69, 9.17) is 16.3 Å². The molecule has 1 aromatic rings. The van der Waals surface area contributed by atoms with E-state index in [2.05, 4.69) is 10.2 Å². The lowest BCUT2D eigenvalue weighted by molar-refractivity contribution is -0.125. The molecule has 2 rings (SSSR count). The number of rotatable bonds is 6. The largest absolute Gasteiger partial charge is 0.383 e. The van der Waals surface area contributed by atoms with Gasteiger partial charge in [0, 0.05) is 31.3 Å². The first kappa shape index (κ1) is 16.3. The third-order valence-corrected chi connectivity index (χ3v) is 4.24. The number of methoxy groups -OCH3 is 1. The Morgan fingerprint density at radius 3 is 2.76 bits per heavy atom. The van der Waals surface area contributed by atoms with Gasteiger partial charge >= 0.3 is 0 Å². The smallest absolute Gasteiger partial charge is 0.225 e. The first-order valence-electron chi connectivity index (χ1n) is 7.43. The second-order valence-corrected chi connectivity index (χ2v) is 5.75. The van der Waals surface area contributed by atoms with Crippen molar-refractivity contribution >= 4 is 17.5 Å². The van der Waals surface area contributed by atoms with Gasteiger partial charge in [0.2, 0.25) is 5.91 Å². The summed E-state index contributed by atoms with van der Waals surface area (Å²) in [6, 6.07) is 7.91. The summed E-state index contributed by atoms with van der Waals surface area (Å²) in [6.45, 7) is 5.04. The molecule has 116 valence electrons. The number of likely N-dealkylation sites (tertiary alicyclic amines) is 1. The lowest BCUT2D eigenvalue weighted by Gasteiger charge is -2.28. The molecule has 0 radical (unpaired) electrons. The van der Waals surface area contributed by atoms with Gasteiger partial charge in [0.1, 0.15) is 0 Å². The topological polar surface area (TPSA) is 41.6 Å². The van der Waals surface area contributed by atoms with Crippen LogP contribution >= 0.6 is 11.6 Å². The average molecular weight is 311 g/mol. The standard InChI is InChI=1S/C16H23ClN2O2/c1-3-18-16(20)14-8-9-19(10-11-21-2)15(14)12-4-6-13(17)7-5-12/h4-7,14-15H,3,8-11H2,1-2H3,(H,18,20). The Bertz CT molecular complexity index is 464. The van der Waals surface area contributed by atoms with Crippen LogP contribution in [0.5, 0.6) is 0 Å². The molecule has 0 spiro atoms. The van der Waals surface area contributed by atoms with Gasteiger partial charge in [-0.05, 0) is 37.6 Å². The van der Waals surface area contributed by atoms with Crippen molar-refractivity contribution in [3.05, 3.63) is 34.9 Å². The van der Waals surface area contributed by atoms with Crippen LogP contribution in [0.25, 0.3) is 0 Å². The van der Waals surface area contributed by atoms with E-state index in [1.54, 1.807) is 7.11 Å². The molecular formula is C16H23ClN2O2. The fourth-order valence-corrected chi connectivity index (χ4v) is 3.12. The van der Waals surface area contributed by atoms with E-state index in [9.17, 15) is 4.79 Å². The summed E-state index contributed by atoms with van der Waals surface area (Å²) in [5.41, 5.74) is 1.14. The Balaban J connectivity index is 2.21. The molecule has 5 heteroatoms. The maximum atomic E-state index is 12.3. The monoisotopic (exact) mass is 310 g/mol. The molecule has 0 aromatic heterocycles. The zero-order valence-corrected chi connectivity index (χ0v) is 13.4. The van der Waals surface area contributed by atoms with Crippen LogP contribution < -0.4 is 5.32 Å². The Morgan fingerprint density at radius 2 is 2.14 bits per heavy atom. The van der Waals surface area contributed by atoms with E-state index < -0.39 is 0 Å². The van der Waals surface area contributed by atoms with E-state index in [0.717, 1.165) is 30.1 Å². The average Bonchev–Trinajstić information content (AvgIpc) is 2.90. The zero-order chi connectivity index (χ0) is 15.2. The van der Waals surface area contributed by atoms with Crippen molar-refractivity contribution in [1.29, 1.82) is 0 Å². The van der Waals surface area contributed by atoms with Crippen molar-refractivity contribution in [3.63, 3.8) is 0 Å². The molecule has 4 nitrogen and oxygen atoms in total. The third kappa shape index (κ3) is 3.96. The number of amides is 1. The summed E-state index contributed by atoms with van der Waals surface area (Å²) in [7, 11) is 1.70. The molecule has 21 heavy (non-hydrogen) atoms. The lowest BCUT2D eigenvalue weighted by atomic mass is 9.93. The molecule has 0 bridgehead atoms. The predicted molar refractivity (Wildman–Crippen MR) is 84.4 cm³/mol. The lowest BCUT2D eigenvalue weighted by Crippen LogP contribution is -2.36. The van der Waals surface area contributed by atoms with Gasteiger partial charge in [-0.25, -0.2) is 0 Å². The maximum absolute atomic E-state index is 12.3. The van der Waals surface area contributed by atoms with Gasteiger partial charge in [0.05, 0.1) is 12.5 Å². The molecule has 1 aliphatic heterocycles. The van der Waals surface area contributed by atoms with Crippen LogP contribution in [-0.2, 0) is 9.53 Å². The molecular weight excluding hydrogens is 288 g/mol. The van der Waals surface area contributed by atoms with Gasteiger partial charge in [-0.2, -0.15) is 0 Å². The summed E-state index contributed by atoms with van der Waals surface area (Å²) >= 11 is 5.97. The summed E-state index contributed by atoms with van der Waals surface area (Å²) in [5, 5.41) is 3.67. The fourth-order valence-electron chi connectivity index (χ4n) is 3.00. The van der Waals surface area contributed by atoms with E-state index >= 15 is 0 Å². The normalized spacial score (nSPS) is 22.4. The molecule has 1 amide bonds. The highest BCUT2D eigenvalue weighted by molar-refractivity contribution is 6.30. The highest BCUT2D eigenvalue weighted by Gasteiger charge is 2.39. The van der Waals surface area contributed by atoms with Crippen LogP contribution in [0, 0.1) is 5.92 Å². The van der Waals surface area contributed by atoms with Gasteiger partial charge in [0.25, 0.3) is 0 Å². The molecule has 0 saturated carbocycles.